The normalized spacial score (nSPS) is 26.3. The average Bonchev–Trinajstić information content (AvgIpc) is 3.38. The van der Waals surface area contributed by atoms with E-state index in [9.17, 15) is 4.79 Å². The van der Waals surface area contributed by atoms with Gasteiger partial charge in [0.25, 0.3) is 0 Å². The topological polar surface area (TPSA) is 102 Å². The van der Waals surface area contributed by atoms with E-state index in [0.29, 0.717) is 18.9 Å². The third-order valence-electron chi connectivity index (χ3n) is 6.40. The van der Waals surface area contributed by atoms with Crippen molar-refractivity contribution in [1.29, 1.82) is 0 Å². The number of hydrogen-bond acceptors (Lipinski definition) is 7. The molecule has 1 spiro atoms. The summed E-state index contributed by atoms with van der Waals surface area (Å²) in [6.45, 7) is 4.36. The minimum absolute atomic E-state index is 0.00405. The standard InChI is InChI=1S/C21H28N6O3/c1-3-27-19-16(12-24-27)18(25-14-4-6-29-7-5-14)15(11-23-19)17-10-21(30-26-17)8-13(9-21)20(28)22-2/h10-14,26H,3-9H2,1-2H3,(H,22,28)(H,23,25). The maximum Gasteiger partial charge on any atom is 0.223 e. The van der Waals surface area contributed by atoms with Crippen LogP contribution in [0.5, 0.6) is 0 Å². The minimum atomic E-state index is -0.426. The Morgan fingerprint density at radius 3 is 2.87 bits per heavy atom. The summed E-state index contributed by atoms with van der Waals surface area (Å²) in [4.78, 5) is 22.5. The van der Waals surface area contributed by atoms with Crippen LogP contribution in [0, 0.1) is 5.92 Å². The van der Waals surface area contributed by atoms with Crippen LogP contribution in [0.3, 0.4) is 0 Å². The Hall–Kier alpha value is -2.65. The van der Waals surface area contributed by atoms with Crippen LogP contribution < -0.4 is 16.1 Å². The summed E-state index contributed by atoms with van der Waals surface area (Å²) in [7, 11) is 1.67. The highest BCUT2D eigenvalue weighted by atomic mass is 16.7. The van der Waals surface area contributed by atoms with Crippen molar-refractivity contribution in [2.45, 2.75) is 50.8 Å². The number of anilines is 1. The molecule has 2 fully saturated rings. The van der Waals surface area contributed by atoms with Gasteiger partial charge in [-0.2, -0.15) is 5.10 Å². The number of carbonyl (C=O) groups is 1. The van der Waals surface area contributed by atoms with Crippen molar-refractivity contribution < 1.29 is 14.4 Å². The highest BCUT2D eigenvalue weighted by Gasteiger charge is 2.50. The zero-order valence-corrected chi connectivity index (χ0v) is 17.4. The number of hydroxylamine groups is 1. The van der Waals surface area contributed by atoms with Gasteiger partial charge in [-0.1, -0.05) is 0 Å². The summed E-state index contributed by atoms with van der Waals surface area (Å²) in [5, 5.41) is 12.0. The number of nitrogens with one attached hydrogen (secondary N) is 3. The van der Waals surface area contributed by atoms with Gasteiger partial charge >= 0.3 is 0 Å². The Labute approximate surface area is 175 Å². The molecule has 9 heteroatoms. The zero-order valence-electron chi connectivity index (χ0n) is 17.4. The smallest absolute Gasteiger partial charge is 0.223 e. The van der Waals surface area contributed by atoms with Crippen LogP contribution >= 0.6 is 0 Å². The molecule has 0 aromatic carbocycles. The Kier molecular flexibility index (Phi) is 4.86. The van der Waals surface area contributed by atoms with E-state index in [4.69, 9.17) is 14.6 Å². The first kappa shape index (κ1) is 19.3. The summed E-state index contributed by atoms with van der Waals surface area (Å²) in [6.07, 6.45) is 9.15. The van der Waals surface area contributed by atoms with Crippen molar-refractivity contribution in [2.75, 3.05) is 25.6 Å². The van der Waals surface area contributed by atoms with Crippen LogP contribution in [0.25, 0.3) is 16.7 Å². The van der Waals surface area contributed by atoms with Crippen molar-refractivity contribution in [3.63, 3.8) is 0 Å². The summed E-state index contributed by atoms with van der Waals surface area (Å²) in [6, 6.07) is 0.339. The number of fused-ring (bicyclic) bond motifs is 1. The first-order valence-corrected chi connectivity index (χ1v) is 10.7. The zero-order chi connectivity index (χ0) is 20.7. The summed E-state index contributed by atoms with van der Waals surface area (Å²) < 4.78 is 7.42. The van der Waals surface area contributed by atoms with Crippen LogP contribution in [0.2, 0.25) is 0 Å². The van der Waals surface area contributed by atoms with E-state index in [2.05, 4.69) is 34.2 Å². The molecule has 0 radical (unpaired) electrons. The fourth-order valence-electron chi connectivity index (χ4n) is 4.64. The molecule has 3 N–H and O–H groups in total. The largest absolute Gasteiger partial charge is 0.381 e. The summed E-state index contributed by atoms with van der Waals surface area (Å²) in [5.41, 5.74) is 6.42. The number of aryl methyl sites for hydroxylation is 1. The van der Waals surface area contributed by atoms with Gasteiger partial charge in [-0.15, -0.1) is 0 Å². The highest BCUT2D eigenvalue weighted by Crippen LogP contribution is 2.46. The molecule has 0 bridgehead atoms. The molecule has 0 unspecified atom stereocenters. The molecule has 1 amide bonds. The number of aromatic nitrogens is 3. The van der Waals surface area contributed by atoms with Crippen LogP contribution in [-0.4, -0.2) is 52.6 Å². The van der Waals surface area contributed by atoms with E-state index < -0.39 is 5.60 Å². The Morgan fingerprint density at radius 2 is 2.13 bits per heavy atom. The summed E-state index contributed by atoms with van der Waals surface area (Å²) >= 11 is 0. The van der Waals surface area contributed by atoms with Crippen molar-refractivity contribution in [3.05, 3.63) is 24.0 Å². The number of amides is 1. The third-order valence-corrected chi connectivity index (χ3v) is 6.40. The van der Waals surface area contributed by atoms with Gasteiger partial charge in [0.1, 0.15) is 5.60 Å². The van der Waals surface area contributed by atoms with Gasteiger partial charge in [0.2, 0.25) is 5.91 Å². The molecule has 0 atom stereocenters. The average molecular weight is 412 g/mol. The molecule has 1 aliphatic carbocycles. The summed E-state index contributed by atoms with van der Waals surface area (Å²) in [5.74, 6) is 0.0682. The van der Waals surface area contributed by atoms with Gasteiger partial charge in [0.05, 0.1) is 23.0 Å². The van der Waals surface area contributed by atoms with Crippen molar-refractivity contribution >= 4 is 28.3 Å². The predicted octanol–water partition coefficient (Wildman–Crippen LogP) is 1.81. The molecular formula is C21H28N6O3. The van der Waals surface area contributed by atoms with Crippen molar-refractivity contribution in [1.82, 2.24) is 25.6 Å². The van der Waals surface area contributed by atoms with E-state index in [1.807, 2.05) is 17.1 Å². The maximum absolute atomic E-state index is 11.9. The molecule has 4 heterocycles. The van der Waals surface area contributed by atoms with Crippen molar-refractivity contribution in [2.24, 2.45) is 5.92 Å². The van der Waals surface area contributed by atoms with Gasteiger partial charge in [-0.05, 0) is 38.7 Å². The molecule has 3 aliphatic rings. The number of nitrogens with zero attached hydrogens (tertiary/aromatic N) is 3. The van der Waals surface area contributed by atoms with E-state index >= 15 is 0 Å². The second-order valence-electron chi connectivity index (χ2n) is 8.32. The molecule has 1 saturated carbocycles. The third kappa shape index (κ3) is 3.22. The molecule has 1 saturated heterocycles. The second kappa shape index (κ2) is 7.55. The fourth-order valence-corrected chi connectivity index (χ4v) is 4.64. The van der Waals surface area contributed by atoms with Crippen LogP contribution in [0.4, 0.5) is 5.69 Å². The Bertz CT molecular complexity index is 988. The number of ether oxygens (including phenoxy) is 1. The van der Waals surface area contributed by atoms with Crippen LogP contribution in [-0.2, 0) is 20.9 Å². The molecule has 5 rings (SSSR count). The van der Waals surface area contributed by atoms with Gasteiger partial charge in [0, 0.05) is 50.5 Å². The minimum Gasteiger partial charge on any atom is -0.381 e. The van der Waals surface area contributed by atoms with Crippen LogP contribution in [0.15, 0.2) is 18.5 Å². The van der Waals surface area contributed by atoms with Gasteiger partial charge in [-0.3, -0.25) is 15.1 Å². The number of hydrogen-bond donors (Lipinski definition) is 3. The van der Waals surface area contributed by atoms with E-state index in [-0.39, 0.29) is 11.8 Å². The quantitative estimate of drug-likeness (QED) is 0.688. The first-order valence-electron chi connectivity index (χ1n) is 10.7. The van der Waals surface area contributed by atoms with E-state index in [1.165, 1.54) is 0 Å². The Balaban J connectivity index is 1.48. The number of pyridine rings is 1. The number of carbonyl (C=O) groups excluding carboxylic acids is 1. The van der Waals surface area contributed by atoms with Gasteiger partial charge in [0.15, 0.2) is 5.65 Å². The lowest BCUT2D eigenvalue weighted by molar-refractivity contribution is -0.146. The monoisotopic (exact) mass is 412 g/mol. The van der Waals surface area contributed by atoms with Gasteiger partial charge in [-0.25, -0.2) is 9.67 Å². The van der Waals surface area contributed by atoms with Gasteiger partial charge < -0.3 is 15.4 Å². The number of rotatable bonds is 5. The first-order chi connectivity index (χ1) is 14.6. The highest BCUT2D eigenvalue weighted by molar-refractivity contribution is 5.96. The predicted molar refractivity (Wildman–Crippen MR) is 112 cm³/mol. The Morgan fingerprint density at radius 1 is 1.33 bits per heavy atom. The second-order valence-corrected chi connectivity index (χ2v) is 8.32. The van der Waals surface area contributed by atoms with Crippen molar-refractivity contribution in [3.8, 4) is 0 Å². The molecule has 2 aliphatic heterocycles. The molecular weight excluding hydrogens is 384 g/mol. The van der Waals surface area contributed by atoms with E-state index in [0.717, 1.165) is 60.6 Å². The lowest BCUT2D eigenvalue weighted by Crippen LogP contribution is -2.49. The molecule has 9 nitrogen and oxygen atoms in total. The lowest BCUT2D eigenvalue weighted by atomic mass is 9.70. The molecule has 2 aromatic heterocycles. The lowest BCUT2D eigenvalue weighted by Gasteiger charge is -2.40. The maximum atomic E-state index is 11.9. The molecule has 2 aromatic rings. The van der Waals surface area contributed by atoms with E-state index in [1.54, 1.807) is 7.05 Å². The SMILES string of the molecule is CCn1ncc2c(NC3CCOCC3)c(C3=CC4(CC(C(=O)NC)C4)ON3)cnc21. The van der Waals surface area contributed by atoms with Crippen LogP contribution in [0.1, 0.15) is 38.2 Å². The molecule has 30 heavy (non-hydrogen) atoms. The fraction of sp³-hybridized carbons (Fsp3) is 0.571. The molecule has 160 valence electrons.